The fraction of sp³-hybridized carbons (Fsp3) is 0.0833. The second-order valence-corrected chi connectivity index (χ2v) is 7.05. The highest BCUT2D eigenvalue weighted by Crippen LogP contribution is 2.22. The van der Waals surface area contributed by atoms with E-state index in [-0.39, 0.29) is 11.3 Å². The second-order valence-electron chi connectivity index (χ2n) is 6.61. The van der Waals surface area contributed by atoms with Crippen molar-refractivity contribution < 1.29 is 19.4 Å². The first-order chi connectivity index (χ1) is 14.4. The van der Waals surface area contributed by atoms with Gasteiger partial charge in [0.2, 0.25) is 5.91 Å². The van der Waals surface area contributed by atoms with Crippen molar-refractivity contribution in [3.63, 3.8) is 0 Å². The van der Waals surface area contributed by atoms with Crippen molar-refractivity contribution in [3.05, 3.63) is 100 Å². The summed E-state index contributed by atoms with van der Waals surface area (Å²) in [6.07, 6.45) is 3.02. The number of hydrogen-bond acceptors (Lipinski definition) is 3. The third-order valence-electron chi connectivity index (χ3n) is 4.35. The summed E-state index contributed by atoms with van der Waals surface area (Å²) in [5, 5.41) is 12.5. The van der Waals surface area contributed by atoms with Crippen LogP contribution < -0.4 is 10.1 Å². The highest BCUT2D eigenvalue weighted by Gasteiger charge is 2.10. The van der Waals surface area contributed by atoms with Gasteiger partial charge in [-0.2, -0.15) is 0 Å². The molecular weight excluding hydrogens is 402 g/mol. The van der Waals surface area contributed by atoms with Crippen LogP contribution in [-0.4, -0.2) is 17.0 Å². The number of carbonyl (C=O) groups is 2. The van der Waals surface area contributed by atoms with Gasteiger partial charge in [0.25, 0.3) is 0 Å². The number of aromatic carboxylic acids is 1. The third-order valence-corrected chi connectivity index (χ3v) is 4.60. The van der Waals surface area contributed by atoms with Crippen molar-refractivity contribution in [1.29, 1.82) is 0 Å². The lowest BCUT2D eigenvalue weighted by atomic mass is 10.1. The number of hydrogen-bond donors (Lipinski definition) is 2. The van der Waals surface area contributed by atoms with E-state index in [1.54, 1.807) is 24.3 Å². The quantitative estimate of drug-likeness (QED) is 0.488. The van der Waals surface area contributed by atoms with E-state index in [0.29, 0.717) is 11.6 Å². The van der Waals surface area contributed by atoms with Crippen LogP contribution in [0.4, 0.5) is 5.69 Å². The average Bonchev–Trinajstić information content (AvgIpc) is 2.73. The molecule has 3 rings (SSSR count). The lowest BCUT2D eigenvalue weighted by Gasteiger charge is -2.10. The van der Waals surface area contributed by atoms with E-state index in [9.17, 15) is 14.7 Å². The topological polar surface area (TPSA) is 75.6 Å². The number of aryl methyl sites for hydroxylation is 1. The molecule has 1 amide bonds. The standard InChI is InChI=1S/C24H20ClNO4/c1-16-14-17(8-12-22(16)30-15-18-6-10-19(25)11-7-18)9-13-23(27)26-21-5-3-2-4-20(21)24(28)29/h2-14H,15H2,1H3,(H,26,27)(H,28,29)/b13-9+. The maximum Gasteiger partial charge on any atom is 0.337 e. The van der Waals surface area contributed by atoms with Gasteiger partial charge in [0.1, 0.15) is 12.4 Å². The number of anilines is 1. The maximum absolute atomic E-state index is 12.2. The summed E-state index contributed by atoms with van der Waals surface area (Å²) in [5.41, 5.74) is 3.07. The monoisotopic (exact) mass is 421 g/mol. The minimum absolute atomic E-state index is 0.0392. The van der Waals surface area contributed by atoms with Gasteiger partial charge in [-0.1, -0.05) is 41.9 Å². The molecule has 3 aromatic rings. The molecule has 0 heterocycles. The molecule has 0 saturated carbocycles. The molecule has 30 heavy (non-hydrogen) atoms. The summed E-state index contributed by atoms with van der Waals surface area (Å²) in [5.74, 6) is -0.758. The Hall–Kier alpha value is -3.57. The van der Waals surface area contributed by atoms with Crippen LogP contribution in [0.15, 0.2) is 72.8 Å². The molecule has 152 valence electrons. The van der Waals surface area contributed by atoms with E-state index in [0.717, 1.165) is 22.4 Å². The summed E-state index contributed by atoms with van der Waals surface area (Å²) >= 11 is 5.89. The van der Waals surface area contributed by atoms with Gasteiger partial charge in [-0.15, -0.1) is 0 Å². The molecule has 0 aliphatic carbocycles. The number of nitrogens with one attached hydrogen (secondary N) is 1. The Kier molecular flexibility index (Phi) is 6.88. The van der Waals surface area contributed by atoms with Gasteiger partial charge in [-0.25, -0.2) is 4.79 Å². The summed E-state index contributed by atoms with van der Waals surface area (Å²) < 4.78 is 5.86. The maximum atomic E-state index is 12.2. The van der Waals surface area contributed by atoms with Gasteiger partial charge in [-0.3, -0.25) is 4.79 Å². The van der Waals surface area contributed by atoms with Crippen molar-refractivity contribution in [1.82, 2.24) is 0 Å². The van der Waals surface area contributed by atoms with Crippen molar-refractivity contribution in [2.75, 3.05) is 5.32 Å². The molecule has 0 radical (unpaired) electrons. The Bertz CT molecular complexity index is 1090. The largest absolute Gasteiger partial charge is 0.489 e. The molecule has 0 aliphatic heterocycles. The van der Waals surface area contributed by atoms with E-state index in [4.69, 9.17) is 16.3 Å². The van der Waals surface area contributed by atoms with E-state index >= 15 is 0 Å². The first-order valence-corrected chi connectivity index (χ1v) is 9.59. The van der Waals surface area contributed by atoms with Crippen LogP contribution in [-0.2, 0) is 11.4 Å². The average molecular weight is 422 g/mol. The predicted molar refractivity (Wildman–Crippen MR) is 118 cm³/mol. The number of ether oxygens (including phenoxy) is 1. The molecule has 0 bridgehead atoms. The zero-order chi connectivity index (χ0) is 21.5. The molecule has 6 heteroatoms. The lowest BCUT2D eigenvalue weighted by molar-refractivity contribution is -0.111. The minimum atomic E-state index is -1.10. The molecule has 2 N–H and O–H groups in total. The minimum Gasteiger partial charge on any atom is -0.489 e. The van der Waals surface area contributed by atoms with Gasteiger partial charge in [0.15, 0.2) is 0 Å². The van der Waals surface area contributed by atoms with E-state index < -0.39 is 11.9 Å². The number of carbonyl (C=O) groups excluding carboxylic acids is 1. The number of para-hydroxylation sites is 1. The first-order valence-electron chi connectivity index (χ1n) is 9.21. The normalized spacial score (nSPS) is 10.7. The number of rotatable bonds is 7. The molecule has 5 nitrogen and oxygen atoms in total. The number of benzene rings is 3. The molecule has 0 aliphatic rings. The number of carboxylic acid groups (broad SMARTS) is 1. The summed E-state index contributed by atoms with van der Waals surface area (Å²) in [4.78, 5) is 23.4. The molecule has 0 aromatic heterocycles. The van der Waals surface area contributed by atoms with Crippen LogP contribution in [0.3, 0.4) is 0 Å². The number of halogens is 1. The Morgan fingerprint density at radius 2 is 1.80 bits per heavy atom. The SMILES string of the molecule is Cc1cc(/C=C/C(=O)Nc2ccccc2C(=O)O)ccc1OCc1ccc(Cl)cc1. The summed E-state index contributed by atoms with van der Waals surface area (Å²) in [6.45, 7) is 2.36. The fourth-order valence-corrected chi connectivity index (χ4v) is 2.93. The van der Waals surface area contributed by atoms with Crippen molar-refractivity contribution >= 4 is 35.2 Å². The Morgan fingerprint density at radius 3 is 2.50 bits per heavy atom. The Morgan fingerprint density at radius 1 is 1.07 bits per heavy atom. The highest BCUT2D eigenvalue weighted by atomic mass is 35.5. The van der Waals surface area contributed by atoms with Crippen LogP contribution in [0.2, 0.25) is 5.02 Å². The molecule has 0 unspecified atom stereocenters. The van der Waals surface area contributed by atoms with E-state index in [1.165, 1.54) is 12.1 Å². The van der Waals surface area contributed by atoms with Crippen LogP contribution in [0, 0.1) is 6.92 Å². The van der Waals surface area contributed by atoms with E-state index in [2.05, 4.69) is 5.32 Å². The molecular formula is C24H20ClNO4. The van der Waals surface area contributed by atoms with Gasteiger partial charge >= 0.3 is 5.97 Å². The first kappa shape index (κ1) is 21.1. The molecule has 0 fully saturated rings. The fourth-order valence-electron chi connectivity index (χ4n) is 2.80. The van der Waals surface area contributed by atoms with Gasteiger partial charge < -0.3 is 15.2 Å². The smallest absolute Gasteiger partial charge is 0.337 e. The molecule has 3 aromatic carbocycles. The van der Waals surface area contributed by atoms with Crippen LogP contribution >= 0.6 is 11.6 Å². The van der Waals surface area contributed by atoms with Crippen molar-refractivity contribution in [2.45, 2.75) is 13.5 Å². The number of carboxylic acids is 1. The second kappa shape index (κ2) is 9.76. The molecule has 0 spiro atoms. The van der Waals surface area contributed by atoms with E-state index in [1.807, 2.05) is 49.4 Å². The van der Waals surface area contributed by atoms with Gasteiger partial charge in [0.05, 0.1) is 11.3 Å². The van der Waals surface area contributed by atoms with Crippen LogP contribution in [0.1, 0.15) is 27.0 Å². The Labute approximate surface area is 179 Å². The number of amides is 1. The zero-order valence-corrected chi connectivity index (χ0v) is 17.0. The highest BCUT2D eigenvalue weighted by molar-refractivity contribution is 6.30. The van der Waals surface area contributed by atoms with Crippen molar-refractivity contribution in [2.24, 2.45) is 0 Å². The predicted octanol–water partition coefficient (Wildman–Crippen LogP) is 5.58. The van der Waals surface area contributed by atoms with Gasteiger partial charge in [0, 0.05) is 11.1 Å². The van der Waals surface area contributed by atoms with Crippen LogP contribution in [0.5, 0.6) is 5.75 Å². The summed E-state index contributed by atoms with van der Waals surface area (Å²) in [7, 11) is 0. The molecule has 0 saturated heterocycles. The van der Waals surface area contributed by atoms with Gasteiger partial charge in [-0.05, 0) is 66.1 Å². The third kappa shape index (κ3) is 5.72. The molecule has 0 atom stereocenters. The summed E-state index contributed by atoms with van der Waals surface area (Å²) in [6, 6.07) is 19.3. The van der Waals surface area contributed by atoms with Crippen LogP contribution in [0.25, 0.3) is 6.08 Å². The Balaban J connectivity index is 1.62. The lowest BCUT2D eigenvalue weighted by Crippen LogP contribution is -2.11. The van der Waals surface area contributed by atoms with Crippen molar-refractivity contribution in [3.8, 4) is 5.75 Å². The zero-order valence-electron chi connectivity index (χ0n) is 16.3.